The van der Waals surface area contributed by atoms with Crippen LogP contribution in [0.15, 0.2) is 97.6 Å². The summed E-state index contributed by atoms with van der Waals surface area (Å²) in [5.41, 5.74) is 1.73. The van der Waals surface area contributed by atoms with Crippen molar-refractivity contribution in [3.8, 4) is 0 Å². The fraction of sp³-hybridized carbons (Fsp3) is 0.0588. The van der Waals surface area contributed by atoms with E-state index in [0.717, 1.165) is 11.1 Å². The van der Waals surface area contributed by atoms with Gasteiger partial charge in [-0.1, -0.05) is 62.8 Å². The van der Waals surface area contributed by atoms with Crippen LogP contribution in [0, 0.1) is 0 Å². The van der Waals surface area contributed by atoms with E-state index >= 15 is 0 Å². The first-order valence-electron chi connectivity index (χ1n) is 5.67. The van der Waals surface area contributed by atoms with Gasteiger partial charge in [0.15, 0.2) is 0 Å². The molecule has 0 saturated heterocycles. The summed E-state index contributed by atoms with van der Waals surface area (Å²) in [4.78, 5) is 0. The highest BCUT2D eigenvalue weighted by Crippen LogP contribution is 2.15. The van der Waals surface area contributed by atoms with Gasteiger partial charge in [-0.3, -0.25) is 0 Å². The zero-order chi connectivity index (χ0) is 14.7. The highest BCUT2D eigenvalue weighted by atomic mass is 16.5. The molecule has 0 aromatic carbocycles. The normalized spacial score (nSPS) is 12.7. The summed E-state index contributed by atoms with van der Waals surface area (Å²) >= 11 is 0. The molecule has 0 atom stereocenters. The van der Waals surface area contributed by atoms with Crippen LogP contribution in [0.2, 0.25) is 0 Å². The third-order valence-corrected chi connectivity index (χ3v) is 2.09. The Labute approximate surface area is 115 Å². The van der Waals surface area contributed by atoms with Crippen LogP contribution in [0.3, 0.4) is 0 Å². The number of aliphatic hydroxyl groups excluding tert-OH is 1. The molecule has 0 rings (SSSR count). The predicted molar refractivity (Wildman–Crippen MR) is 82.8 cm³/mol. The van der Waals surface area contributed by atoms with Crippen molar-refractivity contribution >= 4 is 0 Å². The second-order valence-corrected chi connectivity index (χ2v) is 3.54. The van der Waals surface area contributed by atoms with Gasteiger partial charge in [0.1, 0.15) is 11.5 Å². The summed E-state index contributed by atoms with van der Waals surface area (Å²) in [5.74, 6) is 0.529. The molecule has 0 aliphatic carbocycles. The average Bonchev–Trinajstić information content (AvgIpc) is 2.39. The van der Waals surface area contributed by atoms with Gasteiger partial charge < -0.3 is 9.84 Å². The second-order valence-electron chi connectivity index (χ2n) is 3.54. The molecule has 0 aliphatic heterocycles. The monoisotopic (exact) mass is 256 g/mol. The minimum absolute atomic E-state index is 0.0156. The molecule has 19 heavy (non-hydrogen) atoms. The molecule has 2 nitrogen and oxygen atoms in total. The smallest absolute Gasteiger partial charge is 0.111 e. The molecule has 0 amide bonds. The predicted octanol–water partition coefficient (Wildman–Crippen LogP) is 4.56. The van der Waals surface area contributed by atoms with E-state index in [4.69, 9.17) is 9.84 Å². The summed E-state index contributed by atoms with van der Waals surface area (Å²) < 4.78 is 4.97. The van der Waals surface area contributed by atoms with E-state index in [1.807, 2.05) is 18.2 Å². The molecule has 1 N–H and O–H groups in total. The zero-order valence-corrected chi connectivity index (χ0v) is 11.3. The molecule has 0 aromatic heterocycles. The maximum absolute atomic E-state index is 9.11. The molecule has 0 aromatic rings. The molecule has 0 bridgehead atoms. The Balaban J connectivity index is 5.38. The van der Waals surface area contributed by atoms with Crippen LogP contribution >= 0.6 is 0 Å². The molecule has 2 heteroatoms. The molecule has 0 saturated carbocycles. The van der Waals surface area contributed by atoms with E-state index in [-0.39, 0.29) is 5.76 Å². The van der Waals surface area contributed by atoms with E-state index < -0.39 is 0 Å². The van der Waals surface area contributed by atoms with Crippen molar-refractivity contribution in [2.75, 3.05) is 7.11 Å². The van der Waals surface area contributed by atoms with Gasteiger partial charge in [0, 0.05) is 0 Å². The maximum atomic E-state index is 9.11. The van der Waals surface area contributed by atoms with E-state index in [1.165, 1.54) is 6.08 Å². The fourth-order valence-electron chi connectivity index (χ4n) is 1.19. The van der Waals surface area contributed by atoms with Gasteiger partial charge in [0.25, 0.3) is 0 Å². The van der Waals surface area contributed by atoms with Crippen LogP contribution in [0.4, 0.5) is 0 Å². The minimum atomic E-state index is -0.0156. The van der Waals surface area contributed by atoms with E-state index in [9.17, 15) is 0 Å². The fourth-order valence-corrected chi connectivity index (χ4v) is 1.19. The number of allylic oxidation sites excluding steroid dienone is 10. The molecule has 0 unspecified atom stereocenters. The van der Waals surface area contributed by atoms with Crippen LogP contribution in [0.1, 0.15) is 0 Å². The Bertz CT molecular complexity index is 471. The lowest BCUT2D eigenvalue weighted by atomic mass is 10.0. The Hall–Kier alpha value is -2.48. The summed E-state index contributed by atoms with van der Waals surface area (Å²) in [6, 6.07) is 0. The van der Waals surface area contributed by atoms with Crippen LogP contribution in [0.25, 0.3) is 0 Å². The number of aliphatic hydroxyl groups is 1. The van der Waals surface area contributed by atoms with Crippen molar-refractivity contribution in [1.82, 2.24) is 0 Å². The minimum Gasteiger partial charge on any atom is -0.509 e. The number of hydrogen-bond acceptors (Lipinski definition) is 2. The Kier molecular flexibility index (Phi) is 8.29. The highest BCUT2D eigenvalue weighted by molar-refractivity contribution is 5.50. The molecule has 0 heterocycles. The molecule has 100 valence electrons. The topological polar surface area (TPSA) is 29.5 Å². The van der Waals surface area contributed by atoms with Crippen LogP contribution in [0.5, 0.6) is 0 Å². The van der Waals surface area contributed by atoms with Gasteiger partial charge >= 0.3 is 0 Å². The summed E-state index contributed by atoms with van der Waals surface area (Å²) in [6.45, 7) is 14.5. The second kappa shape index (κ2) is 9.54. The molecular formula is C17H20O2. The standard InChI is InChI=1S/C17H20O2/c1-6-8-16(12-10-14(3)18)17(9-7-2)13-11-15(4)19-5/h6-13,18H,1-4H2,5H3/b12-10-,13-11-,16-8+,17-9+. The van der Waals surface area contributed by atoms with E-state index in [2.05, 4.69) is 26.3 Å². The first kappa shape index (κ1) is 16.5. The van der Waals surface area contributed by atoms with Crippen molar-refractivity contribution in [3.05, 3.63) is 97.6 Å². The Morgan fingerprint density at radius 3 is 1.74 bits per heavy atom. The van der Waals surface area contributed by atoms with Crippen LogP contribution in [-0.4, -0.2) is 12.2 Å². The van der Waals surface area contributed by atoms with Crippen LogP contribution < -0.4 is 0 Å². The van der Waals surface area contributed by atoms with Gasteiger partial charge in [-0.25, -0.2) is 0 Å². The lowest BCUT2D eigenvalue weighted by Gasteiger charge is -2.03. The maximum Gasteiger partial charge on any atom is 0.111 e. The Morgan fingerprint density at radius 2 is 1.37 bits per heavy atom. The Morgan fingerprint density at radius 1 is 0.895 bits per heavy atom. The van der Waals surface area contributed by atoms with E-state index in [1.54, 1.807) is 31.4 Å². The zero-order valence-electron chi connectivity index (χ0n) is 11.3. The number of rotatable bonds is 8. The van der Waals surface area contributed by atoms with Crippen molar-refractivity contribution in [2.45, 2.75) is 0 Å². The highest BCUT2D eigenvalue weighted by Gasteiger charge is 1.97. The van der Waals surface area contributed by atoms with Gasteiger partial charge in [0.2, 0.25) is 0 Å². The summed E-state index contributed by atoms with van der Waals surface area (Å²) in [6.07, 6.45) is 13.8. The van der Waals surface area contributed by atoms with Crippen LogP contribution in [-0.2, 0) is 4.74 Å². The average molecular weight is 256 g/mol. The molecule has 0 radical (unpaired) electrons. The third-order valence-electron chi connectivity index (χ3n) is 2.09. The summed E-state index contributed by atoms with van der Waals surface area (Å²) in [7, 11) is 1.56. The SMILES string of the molecule is C=C/C=C(\C=C/C(=C)O)C(/C=C\C(=C)OC)=C/C=C. The summed E-state index contributed by atoms with van der Waals surface area (Å²) in [5, 5.41) is 9.11. The lowest BCUT2D eigenvalue weighted by Crippen LogP contribution is -1.85. The number of ether oxygens (including phenoxy) is 1. The van der Waals surface area contributed by atoms with E-state index in [0.29, 0.717) is 5.76 Å². The first-order valence-corrected chi connectivity index (χ1v) is 5.67. The molecule has 0 fully saturated rings. The first-order chi connectivity index (χ1) is 9.04. The quantitative estimate of drug-likeness (QED) is 0.509. The van der Waals surface area contributed by atoms with Crippen molar-refractivity contribution in [1.29, 1.82) is 0 Å². The molecule has 0 aliphatic rings. The van der Waals surface area contributed by atoms with Crippen molar-refractivity contribution in [2.24, 2.45) is 0 Å². The largest absolute Gasteiger partial charge is 0.509 e. The number of methoxy groups -OCH3 is 1. The van der Waals surface area contributed by atoms with Crippen molar-refractivity contribution < 1.29 is 9.84 Å². The number of hydrogen-bond donors (Lipinski definition) is 1. The van der Waals surface area contributed by atoms with Gasteiger partial charge in [-0.15, -0.1) is 0 Å². The molecule has 0 spiro atoms. The van der Waals surface area contributed by atoms with Gasteiger partial charge in [-0.05, 0) is 23.3 Å². The molecular weight excluding hydrogens is 236 g/mol. The third kappa shape index (κ3) is 7.45. The van der Waals surface area contributed by atoms with Crippen molar-refractivity contribution in [3.63, 3.8) is 0 Å². The van der Waals surface area contributed by atoms with Gasteiger partial charge in [-0.2, -0.15) is 0 Å². The van der Waals surface area contributed by atoms with Gasteiger partial charge in [0.05, 0.1) is 7.11 Å². The lowest BCUT2D eigenvalue weighted by molar-refractivity contribution is 0.309.